The minimum absolute atomic E-state index is 0.0141. The Morgan fingerprint density at radius 2 is 2.26 bits per heavy atom. The average molecular weight is 311 g/mol. The van der Waals surface area contributed by atoms with E-state index in [4.69, 9.17) is 5.73 Å². The summed E-state index contributed by atoms with van der Waals surface area (Å²) in [4.78, 5) is 10.5. The van der Waals surface area contributed by atoms with Gasteiger partial charge in [-0.1, -0.05) is 11.3 Å². The third kappa shape index (κ3) is 2.17. The molecular formula is C14H13N7O2. The number of nitro groups is 1. The van der Waals surface area contributed by atoms with E-state index in [-0.39, 0.29) is 22.8 Å². The Bertz CT molecular complexity index is 857. The van der Waals surface area contributed by atoms with Crippen LogP contribution >= 0.6 is 0 Å². The van der Waals surface area contributed by atoms with Gasteiger partial charge in [0.2, 0.25) is 0 Å². The maximum absolute atomic E-state index is 11.0. The third-order valence-corrected chi connectivity index (χ3v) is 4.36. The summed E-state index contributed by atoms with van der Waals surface area (Å²) in [6.45, 7) is 0. The Morgan fingerprint density at radius 1 is 1.39 bits per heavy atom. The van der Waals surface area contributed by atoms with Crippen LogP contribution in [0.25, 0.3) is 11.3 Å². The number of nitrogens with zero attached hydrogens (tertiary/aromatic N) is 6. The number of hydrogen-bond donors (Lipinski definition) is 1. The molecule has 9 nitrogen and oxygen atoms in total. The van der Waals surface area contributed by atoms with Crippen molar-refractivity contribution in [2.75, 3.05) is 5.73 Å². The van der Waals surface area contributed by atoms with Crippen molar-refractivity contribution in [1.82, 2.24) is 15.0 Å². The van der Waals surface area contributed by atoms with Crippen molar-refractivity contribution in [2.45, 2.75) is 18.9 Å². The second-order valence-electron chi connectivity index (χ2n) is 5.81. The number of benzene rings is 1. The summed E-state index contributed by atoms with van der Waals surface area (Å²) < 4.78 is 1.79. The monoisotopic (exact) mass is 311 g/mol. The van der Waals surface area contributed by atoms with Crippen LogP contribution < -0.4 is 5.73 Å². The molecule has 0 radical (unpaired) electrons. The summed E-state index contributed by atoms with van der Waals surface area (Å²) in [5, 5.41) is 27.1. The number of nitrogen functional groups attached to an aromatic ring is 1. The second-order valence-corrected chi connectivity index (χ2v) is 5.81. The molecule has 0 saturated heterocycles. The van der Waals surface area contributed by atoms with E-state index in [0.717, 1.165) is 12.8 Å². The molecule has 2 heterocycles. The van der Waals surface area contributed by atoms with E-state index in [1.807, 2.05) is 6.21 Å². The highest BCUT2D eigenvalue weighted by Crippen LogP contribution is 2.57. The first-order chi connectivity index (χ1) is 11.1. The molecular weight excluding hydrogens is 298 g/mol. The fourth-order valence-corrected chi connectivity index (χ4v) is 2.90. The van der Waals surface area contributed by atoms with Gasteiger partial charge in [-0.05, 0) is 18.9 Å². The average Bonchev–Trinajstić information content (AvgIpc) is 3.02. The molecule has 0 amide bonds. The van der Waals surface area contributed by atoms with Gasteiger partial charge in [0.25, 0.3) is 5.69 Å². The minimum Gasteiger partial charge on any atom is -0.393 e. The minimum atomic E-state index is -0.503. The Kier molecular flexibility index (Phi) is 2.77. The summed E-state index contributed by atoms with van der Waals surface area (Å²) in [5.74, 6) is 0. The highest BCUT2D eigenvalue weighted by molar-refractivity contribution is 5.80. The van der Waals surface area contributed by atoms with Gasteiger partial charge in [0.1, 0.15) is 11.4 Å². The molecule has 116 valence electrons. The smallest absolute Gasteiger partial charge is 0.292 e. The maximum Gasteiger partial charge on any atom is 0.292 e. The zero-order valence-electron chi connectivity index (χ0n) is 12.0. The van der Waals surface area contributed by atoms with Gasteiger partial charge < -0.3 is 5.73 Å². The molecule has 1 aromatic heterocycles. The first-order valence-corrected chi connectivity index (χ1v) is 7.11. The lowest BCUT2D eigenvalue weighted by Gasteiger charge is -2.09. The van der Waals surface area contributed by atoms with E-state index in [1.54, 1.807) is 23.2 Å². The predicted octanol–water partition coefficient (Wildman–Crippen LogP) is 1.83. The van der Waals surface area contributed by atoms with Gasteiger partial charge in [0, 0.05) is 29.5 Å². The van der Waals surface area contributed by atoms with Crippen LogP contribution in [0.15, 0.2) is 34.6 Å². The Hall–Kier alpha value is -3.10. The largest absolute Gasteiger partial charge is 0.393 e. The van der Waals surface area contributed by atoms with Crippen molar-refractivity contribution >= 4 is 23.8 Å². The van der Waals surface area contributed by atoms with E-state index in [0.29, 0.717) is 11.3 Å². The number of nitro benzene ring substituents is 1. The fraction of sp³-hybridized carbons (Fsp3) is 0.286. The molecule has 9 heteroatoms. The molecule has 2 atom stereocenters. The molecule has 23 heavy (non-hydrogen) atoms. The normalized spacial score (nSPS) is 25.0. The van der Waals surface area contributed by atoms with Gasteiger partial charge in [-0.2, -0.15) is 10.2 Å². The van der Waals surface area contributed by atoms with Crippen molar-refractivity contribution in [2.24, 2.45) is 15.6 Å². The van der Waals surface area contributed by atoms with Crippen molar-refractivity contribution in [3.8, 4) is 11.3 Å². The van der Waals surface area contributed by atoms with Crippen LogP contribution in [0.5, 0.6) is 0 Å². The number of anilines is 1. The van der Waals surface area contributed by atoms with E-state index in [9.17, 15) is 10.1 Å². The fourth-order valence-electron chi connectivity index (χ4n) is 2.90. The molecule has 2 N–H and O–H groups in total. The predicted molar refractivity (Wildman–Crippen MR) is 84.2 cm³/mol. The zero-order chi connectivity index (χ0) is 16.0. The molecule has 0 bridgehead atoms. The Morgan fingerprint density at radius 3 is 3.00 bits per heavy atom. The van der Waals surface area contributed by atoms with Gasteiger partial charge >= 0.3 is 0 Å². The van der Waals surface area contributed by atoms with Crippen LogP contribution in [-0.4, -0.2) is 32.3 Å². The van der Waals surface area contributed by atoms with E-state index < -0.39 is 4.92 Å². The van der Waals surface area contributed by atoms with Gasteiger partial charge in [-0.15, -0.1) is 5.10 Å². The maximum atomic E-state index is 11.0. The van der Waals surface area contributed by atoms with Crippen molar-refractivity contribution in [1.29, 1.82) is 0 Å². The summed E-state index contributed by atoms with van der Waals surface area (Å²) in [5.41, 5.74) is 6.80. The van der Waals surface area contributed by atoms with Crippen molar-refractivity contribution in [3.05, 3.63) is 34.5 Å². The summed E-state index contributed by atoms with van der Waals surface area (Å²) in [7, 11) is 0. The second kappa shape index (κ2) is 4.70. The van der Waals surface area contributed by atoms with Gasteiger partial charge in [0.15, 0.2) is 0 Å². The van der Waals surface area contributed by atoms with Gasteiger partial charge in [0.05, 0.1) is 17.2 Å². The lowest BCUT2D eigenvalue weighted by Crippen LogP contribution is -2.12. The number of rotatable bonds is 3. The molecule has 1 spiro atoms. The Balaban J connectivity index is 1.62. The molecule has 1 aliphatic heterocycles. The topological polar surface area (TPSA) is 125 Å². The zero-order valence-corrected chi connectivity index (χ0v) is 12.0. The van der Waals surface area contributed by atoms with Crippen LogP contribution in [0.1, 0.15) is 18.9 Å². The Labute approximate surface area is 130 Å². The van der Waals surface area contributed by atoms with Gasteiger partial charge in [-0.25, -0.2) is 4.68 Å². The standard InChI is InChI=1S/C14H13N7O2/c15-10-2-1-9(5-12(10)21(22)23)11-7-20(19-18-11)13-6-14(13)3-4-16-17-8-14/h1-2,4-5,7-8,13H,3,6,15H2. The van der Waals surface area contributed by atoms with E-state index in [1.165, 1.54) is 12.1 Å². The highest BCUT2D eigenvalue weighted by atomic mass is 16.6. The molecule has 1 saturated carbocycles. The number of aromatic nitrogens is 3. The van der Waals surface area contributed by atoms with Crippen LogP contribution in [-0.2, 0) is 0 Å². The highest BCUT2D eigenvalue weighted by Gasteiger charge is 2.55. The third-order valence-electron chi connectivity index (χ3n) is 4.36. The van der Waals surface area contributed by atoms with E-state index in [2.05, 4.69) is 20.5 Å². The first kappa shape index (κ1) is 13.6. The van der Waals surface area contributed by atoms with Gasteiger partial charge in [-0.3, -0.25) is 10.1 Å². The quantitative estimate of drug-likeness (QED) is 0.526. The molecule has 1 aromatic carbocycles. The lowest BCUT2D eigenvalue weighted by atomic mass is 10.0. The molecule has 1 aliphatic carbocycles. The SMILES string of the molecule is Nc1ccc(-c2cn(C3CC34C=NN=CC4)nn2)cc1[N+](=O)[O-]. The molecule has 1 fully saturated rings. The number of nitrogens with two attached hydrogens (primary N) is 1. The number of hydrogen-bond acceptors (Lipinski definition) is 7. The summed E-state index contributed by atoms with van der Waals surface area (Å²) in [6, 6.07) is 4.83. The van der Waals surface area contributed by atoms with E-state index >= 15 is 0 Å². The molecule has 2 aliphatic rings. The molecule has 2 unspecified atom stereocenters. The lowest BCUT2D eigenvalue weighted by molar-refractivity contribution is -0.383. The summed E-state index contributed by atoms with van der Waals surface area (Å²) >= 11 is 0. The van der Waals surface area contributed by atoms with Crippen molar-refractivity contribution in [3.63, 3.8) is 0 Å². The molecule has 4 rings (SSSR count). The van der Waals surface area contributed by atoms with Crippen LogP contribution in [0.3, 0.4) is 0 Å². The van der Waals surface area contributed by atoms with Crippen LogP contribution in [0.4, 0.5) is 11.4 Å². The first-order valence-electron chi connectivity index (χ1n) is 7.11. The van der Waals surface area contributed by atoms with Crippen LogP contribution in [0, 0.1) is 15.5 Å². The van der Waals surface area contributed by atoms with Crippen LogP contribution in [0.2, 0.25) is 0 Å². The van der Waals surface area contributed by atoms with Crippen molar-refractivity contribution < 1.29 is 4.92 Å². The summed E-state index contributed by atoms with van der Waals surface area (Å²) in [6.07, 6.45) is 7.25. The molecule has 2 aromatic rings.